The monoisotopic (exact) mass is 304 g/mol. The predicted octanol–water partition coefficient (Wildman–Crippen LogP) is 2.47. The summed E-state index contributed by atoms with van der Waals surface area (Å²) in [4.78, 5) is 6.52. The number of benzene rings is 1. The first-order valence-corrected chi connectivity index (χ1v) is 7.66. The van der Waals surface area contributed by atoms with Gasteiger partial charge in [0.2, 0.25) is 0 Å². The van der Waals surface area contributed by atoms with Crippen molar-refractivity contribution in [3.8, 4) is 17.5 Å². The van der Waals surface area contributed by atoms with Gasteiger partial charge < -0.3 is 4.52 Å². The minimum Gasteiger partial charge on any atom is -0.334 e. The highest BCUT2D eigenvalue weighted by molar-refractivity contribution is 7.99. The Kier molecular flexibility index (Phi) is 3.90. The van der Waals surface area contributed by atoms with Crippen molar-refractivity contribution in [3.63, 3.8) is 0 Å². The lowest BCUT2D eigenvalue weighted by atomic mass is 10.1. The van der Waals surface area contributed by atoms with E-state index in [2.05, 4.69) is 15.0 Å². The molecule has 3 rings (SSSR count). The number of thioether (sulfide) groups is 1. The van der Waals surface area contributed by atoms with Crippen molar-refractivity contribution in [2.24, 2.45) is 0 Å². The Bertz CT molecular complexity index is 697. The summed E-state index contributed by atoms with van der Waals surface area (Å²) in [6, 6.07) is 6.30. The third kappa shape index (κ3) is 2.64. The van der Waals surface area contributed by atoms with Crippen LogP contribution in [0.3, 0.4) is 0 Å². The zero-order valence-corrected chi connectivity index (χ0v) is 12.2. The summed E-state index contributed by atoms with van der Waals surface area (Å²) in [5, 5.41) is 13.1. The Morgan fingerprint density at radius 1 is 1.52 bits per heavy atom. The van der Waals surface area contributed by atoms with Crippen LogP contribution < -0.4 is 0 Å². The molecule has 1 aromatic carbocycles. The highest BCUT2D eigenvalue weighted by atomic mass is 32.2. The van der Waals surface area contributed by atoms with E-state index >= 15 is 0 Å². The molecule has 5 nitrogen and oxygen atoms in total. The molecule has 1 fully saturated rings. The smallest absolute Gasteiger partial charge is 0.259 e. The maximum absolute atomic E-state index is 13.6. The maximum Gasteiger partial charge on any atom is 0.259 e. The van der Waals surface area contributed by atoms with Crippen molar-refractivity contribution in [2.75, 3.05) is 25.1 Å². The van der Waals surface area contributed by atoms with Crippen molar-refractivity contribution >= 4 is 11.8 Å². The Morgan fingerprint density at radius 3 is 3.14 bits per heavy atom. The number of halogens is 1. The molecule has 21 heavy (non-hydrogen) atoms. The number of hydrogen-bond donors (Lipinski definition) is 0. The largest absolute Gasteiger partial charge is 0.334 e. The van der Waals surface area contributed by atoms with Gasteiger partial charge in [0.1, 0.15) is 17.4 Å². The molecule has 0 N–H and O–H groups in total. The SMILES string of the molecule is CN1CCSCC1c1noc(-c2cccc(F)c2C#N)n1. The zero-order valence-electron chi connectivity index (χ0n) is 11.4. The Balaban J connectivity index is 1.96. The molecule has 7 heteroatoms. The van der Waals surface area contributed by atoms with Gasteiger partial charge >= 0.3 is 0 Å². The summed E-state index contributed by atoms with van der Waals surface area (Å²) in [5.41, 5.74) is 0.265. The van der Waals surface area contributed by atoms with E-state index in [9.17, 15) is 4.39 Å². The molecular weight excluding hydrogens is 291 g/mol. The van der Waals surface area contributed by atoms with Gasteiger partial charge in [-0.2, -0.15) is 22.0 Å². The van der Waals surface area contributed by atoms with Crippen molar-refractivity contribution in [1.82, 2.24) is 15.0 Å². The second-order valence-corrected chi connectivity index (χ2v) is 5.95. The summed E-state index contributed by atoms with van der Waals surface area (Å²) in [6.07, 6.45) is 0. The van der Waals surface area contributed by atoms with E-state index in [0.29, 0.717) is 11.4 Å². The van der Waals surface area contributed by atoms with Crippen LogP contribution in [0.5, 0.6) is 0 Å². The molecule has 1 aromatic heterocycles. The van der Waals surface area contributed by atoms with E-state index in [-0.39, 0.29) is 17.5 Å². The van der Waals surface area contributed by atoms with Crippen LogP contribution in [-0.4, -0.2) is 40.1 Å². The standard InChI is InChI=1S/C14H13FN4OS/c1-19-5-6-21-8-12(19)13-17-14(20-18-13)9-3-2-4-11(15)10(9)7-16/h2-4,12H,5-6,8H2,1H3. The van der Waals surface area contributed by atoms with Crippen molar-refractivity contribution in [3.05, 3.63) is 35.4 Å². The number of nitrogens with zero attached hydrogens (tertiary/aromatic N) is 4. The second-order valence-electron chi connectivity index (χ2n) is 4.80. The fourth-order valence-corrected chi connectivity index (χ4v) is 3.46. The highest BCUT2D eigenvalue weighted by Gasteiger charge is 2.26. The third-order valence-corrected chi connectivity index (χ3v) is 4.51. The number of aromatic nitrogens is 2. The molecule has 0 saturated carbocycles. The van der Waals surface area contributed by atoms with Gasteiger partial charge in [-0.1, -0.05) is 11.2 Å². The van der Waals surface area contributed by atoms with Gasteiger partial charge in [0.15, 0.2) is 5.82 Å². The van der Waals surface area contributed by atoms with E-state index in [0.717, 1.165) is 18.1 Å². The zero-order chi connectivity index (χ0) is 14.8. The summed E-state index contributed by atoms with van der Waals surface area (Å²) >= 11 is 1.84. The van der Waals surface area contributed by atoms with E-state index in [1.807, 2.05) is 24.9 Å². The maximum atomic E-state index is 13.6. The van der Waals surface area contributed by atoms with Gasteiger partial charge in [0.05, 0.1) is 11.6 Å². The first kappa shape index (κ1) is 14.0. The van der Waals surface area contributed by atoms with E-state index in [4.69, 9.17) is 9.78 Å². The van der Waals surface area contributed by atoms with Gasteiger partial charge in [0, 0.05) is 18.1 Å². The topological polar surface area (TPSA) is 66.0 Å². The Labute approximate surface area is 125 Å². The molecule has 1 aliphatic heterocycles. The predicted molar refractivity (Wildman–Crippen MR) is 77.1 cm³/mol. The van der Waals surface area contributed by atoms with Crippen LogP contribution in [-0.2, 0) is 0 Å². The van der Waals surface area contributed by atoms with E-state index in [1.165, 1.54) is 12.1 Å². The third-order valence-electron chi connectivity index (χ3n) is 3.49. The van der Waals surface area contributed by atoms with Crippen LogP contribution in [0.15, 0.2) is 22.7 Å². The molecule has 1 unspecified atom stereocenters. The van der Waals surface area contributed by atoms with Crippen molar-refractivity contribution < 1.29 is 8.91 Å². The van der Waals surface area contributed by atoms with E-state index < -0.39 is 5.82 Å². The quantitative estimate of drug-likeness (QED) is 0.849. The molecule has 0 amide bonds. The summed E-state index contributed by atoms with van der Waals surface area (Å²) < 4.78 is 18.9. The van der Waals surface area contributed by atoms with Gasteiger partial charge in [0.25, 0.3) is 5.89 Å². The molecule has 2 heterocycles. The van der Waals surface area contributed by atoms with Crippen LogP contribution >= 0.6 is 11.8 Å². The number of hydrogen-bond acceptors (Lipinski definition) is 6. The molecule has 0 aliphatic carbocycles. The van der Waals surface area contributed by atoms with Crippen LogP contribution in [0, 0.1) is 17.1 Å². The first-order valence-electron chi connectivity index (χ1n) is 6.51. The van der Waals surface area contributed by atoms with Crippen LogP contribution in [0.2, 0.25) is 0 Å². The summed E-state index contributed by atoms with van der Waals surface area (Å²) in [5.74, 6) is 2.15. The lowest BCUT2D eigenvalue weighted by Crippen LogP contribution is -2.33. The van der Waals surface area contributed by atoms with Crippen LogP contribution in [0.25, 0.3) is 11.5 Å². The minimum absolute atomic E-state index is 0.0703. The average Bonchev–Trinajstić information content (AvgIpc) is 2.97. The molecule has 2 aromatic rings. The van der Waals surface area contributed by atoms with E-state index in [1.54, 1.807) is 6.07 Å². The first-order chi connectivity index (χ1) is 10.2. The summed E-state index contributed by atoms with van der Waals surface area (Å²) in [6.45, 7) is 0.961. The molecular formula is C14H13FN4OS. The lowest BCUT2D eigenvalue weighted by Gasteiger charge is -2.29. The van der Waals surface area contributed by atoms with Crippen molar-refractivity contribution in [2.45, 2.75) is 6.04 Å². The van der Waals surface area contributed by atoms with Crippen molar-refractivity contribution in [1.29, 1.82) is 5.26 Å². The highest BCUT2D eigenvalue weighted by Crippen LogP contribution is 2.29. The number of rotatable bonds is 2. The van der Waals surface area contributed by atoms with Crippen LogP contribution in [0.1, 0.15) is 17.4 Å². The van der Waals surface area contributed by atoms with Gasteiger partial charge in [-0.05, 0) is 19.2 Å². The Morgan fingerprint density at radius 2 is 2.38 bits per heavy atom. The Hall–Kier alpha value is -1.91. The average molecular weight is 304 g/mol. The molecule has 0 radical (unpaired) electrons. The minimum atomic E-state index is -0.583. The van der Waals surface area contributed by atoms with Gasteiger partial charge in [-0.15, -0.1) is 0 Å². The molecule has 1 saturated heterocycles. The number of nitriles is 1. The van der Waals surface area contributed by atoms with Crippen LogP contribution in [0.4, 0.5) is 4.39 Å². The molecule has 0 spiro atoms. The molecule has 1 atom stereocenters. The lowest BCUT2D eigenvalue weighted by molar-refractivity contribution is 0.257. The normalized spacial score (nSPS) is 19.4. The summed E-state index contributed by atoms with van der Waals surface area (Å²) in [7, 11) is 2.02. The fraction of sp³-hybridized carbons (Fsp3) is 0.357. The second kappa shape index (κ2) is 5.84. The molecule has 0 bridgehead atoms. The fourth-order valence-electron chi connectivity index (χ4n) is 2.25. The molecule has 1 aliphatic rings. The van der Waals surface area contributed by atoms with Gasteiger partial charge in [-0.25, -0.2) is 4.39 Å². The van der Waals surface area contributed by atoms with Gasteiger partial charge in [-0.3, -0.25) is 4.90 Å². The molecule has 108 valence electrons.